The summed E-state index contributed by atoms with van der Waals surface area (Å²) in [6.07, 6.45) is 1.79. The summed E-state index contributed by atoms with van der Waals surface area (Å²) in [7, 11) is 0. The number of piperazine rings is 1. The first-order chi connectivity index (χ1) is 15.9. The molecule has 0 amide bonds. The zero-order valence-electron chi connectivity index (χ0n) is 19.1. The summed E-state index contributed by atoms with van der Waals surface area (Å²) < 4.78 is 25.2. The molecular weight excluding hydrogens is 423 g/mol. The normalized spacial score (nSPS) is 14.6. The summed E-state index contributed by atoms with van der Waals surface area (Å²) in [6.45, 7) is 8.09. The number of nitrogens with zero attached hydrogens (tertiary/aromatic N) is 2. The van der Waals surface area contributed by atoms with Crippen LogP contribution in [0.15, 0.2) is 51.7 Å². The van der Waals surface area contributed by atoms with Gasteiger partial charge in [-0.15, -0.1) is 0 Å². The van der Waals surface area contributed by atoms with Crippen molar-refractivity contribution in [2.45, 2.75) is 26.7 Å². The first kappa shape index (κ1) is 23.0. The first-order valence-electron chi connectivity index (χ1n) is 11.4. The summed E-state index contributed by atoms with van der Waals surface area (Å²) in [5.74, 6) is 0.0791. The lowest BCUT2D eigenvalue weighted by Crippen LogP contribution is -2.46. The lowest BCUT2D eigenvalue weighted by molar-refractivity contribution is 0.101. The Kier molecular flexibility index (Phi) is 7.08. The van der Waals surface area contributed by atoms with Gasteiger partial charge in [0.05, 0.1) is 12.3 Å². The van der Waals surface area contributed by atoms with E-state index < -0.39 is 5.63 Å². The molecule has 6 nitrogen and oxygen atoms in total. The SMILES string of the molecule is CC(=O)c1c(OCCCCN2CCN(c3ccccc3F)CC2)ccc2c(C)cc(=O)oc12. The maximum Gasteiger partial charge on any atom is 0.336 e. The highest BCUT2D eigenvalue weighted by molar-refractivity contribution is 6.07. The predicted octanol–water partition coefficient (Wildman–Crippen LogP) is 4.42. The summed E-state index contributed by atoms with van der Waals surface area (Å²) >= 11 is 0. The Morgan fingerprint density at radius 1 is 1.09 bits per heavy atom. The summed E-state index contributed by atoms with van der Waals surface area (Å²) in [5, 5.41) is 0.738. The molecule has 2 aromatic carbocycles. The number of hydrogen-bond acceptors (Lipinski definition) is 6. The fourth-order valence-electron chi connectivity index (χ4n) is 4.36. The van der Waals surface area contributed by atoms with Crippen molar-refractivity contribution in [2.24, 2.45) is 0 Å². The maximum absolute atomic E-state index is 14.0. The van der Waals surface area contributed by atoms with Gasteiger partial charge in [-0.05, 0) is 63.1 Å². The molecule has 0 N–H and O–H groups in total. The number of Topliss-reactive ketones (excluding diaryl/α,β-unsaturated/α-hetero) is 1. The van der Waals surface area contributed by atoms with E-state index in [1.54, 1.807) is 12.1 Å². The van der Waals surface area contributed by atoms with Crippen molar-refractivity contribution in [2.75, 3.05) is 44.2 Å². The average Bonchev–Trinajstić information content (AvgIpc) is 2.79. The van der Waals surface area contributed by atoms with E-state index >= 15 is 0 Å². The van der Waals surface area contributed by atoms with E-state index in [4.69, 9.17) is 9.15 Å². The fourth-order valence-corrected chi connectivity index (χ4v) is 4.36. The molecule has 0 unspecified atom stereocenters. The number of ketones is 1. The van der Waals surface area contributed by atoms with E-state index in [9.17, 15) is 14.0 Å². The summed E-state index contributed by atoms with van der Waals surface area (Å²) in [4.78, 5) is 28.6. The van der Waals surface area contributed by atoms with Crippen LogP contribution in [0.25, 0.3) is 11.0 Å². The summed E-state index contributed by atoms with van der Waals surface area (Å²) in [5.41, 5.74) is 1.57. The highest BCUT2D eigenvalue weighted by atomic mass is 19.1. The topological polar surface area (TPSA) is 63.0 Å². The van der Waals surface area contributed by atoms with Crippen molar-refractivity contribution in [1.29, 1.82) is 0 Å². The molecule has 2 heterocycles. The van der Waals surface area contributed by atoms with Crippen molar-refractivity contribution in [3.63, 3.8) is 0 Å². The number of carbonyl (C=O) groups is 1. The number of ether oxygens (including phenoxy) is 1. The van der Waals surface area contributed by atoms with Crippen LogP contribution in [0.2, 0.25) is 0 Å². The molecular formula is C26H29FN2O4. The number of hydrogen-bond donors (Lipinski definition) is 0. The van der Waals surface area contributed by atoms with E-state index in [1.165, 1.54) is 19.1 Å². The summed E-state index contributed by atoms with van der Waals surface area (Å²) in [6, 6.07) is 11.9. The van der Waals surface area contributed by atoms with Crippen LogP contribution in [0, 0.1) is 12.7 Å². The van der Waals surface area contributed by atoms with E-state index in [1.807, 2.05) is 25.1 Å². The van der Waals surface area contributed by atoms with Gasteiger partial charge in [0, 0.05) is 37.6 Å². The molecule has 0 saturated carbocycles. The molecule has 3 aromatic rings. The zero-order valence-corrected chi connectivity index (χ0v) is 19.1. The van der Waals surface area contributed by atoms with Gasteiger partial charge in [0.1, 0.15) is 17.1 Å². The van der Waals surface area contributed by atoms with Crippen LogP contribution in [-0.2, 0) is 0 Å². The minimum Gasteiger partial charge on any atom is -0.493 e. The van der Waals surface area contributed by atoms with Crippen molar-refractivity contribution < 1.29 is 18.3 Å². The lowest BCUT2D eigenvalue weighted by Gasteiger charge is -2.36. The molecule has 4 rings (SSSR count). The Bertz CT molecular complexity index is 1200. The third kappa shape index (κ3) is 5.25. The Balaban J connectivity index is 1.28. The van der Waals surface area contributed by atoms with Crippen molar-refractivity contribution >= 4 is 22.4 Å². The smallest absolute Gasteiger partial charge is 0.336 e. The van der Waals surface area contributed by atoms with Gasteiger partial charge in [-0.1, -0.05) is 12.1 Å². The average molecular weight is 453 g/mol. The third-order valence-corrected chi connectivity index (χ3v) is 6.13. The number of rotatable bonds is 8. The van der Waals surface area contributed by atoms with E-state index in [-0.39, 0.29) is 17.2 Å². The van der Waals surface area contributed by atoms with Gasteiger partial charge in [-0.3, -0.25) is 9.69 Å². The van der Waals surface area contributed by atoms with Crippen LogP contribution in [0.1, 0.15) is 35.7 Å². The number of aryl methyl sites for hydroxylation is 1. The van der Waals surface area contributed by atoms with E-state index in [2.05, 4.69) is 9.80 Å². The number of unbranched alkanes of at least 4 members (excludes halogenated alkanes) is 1. The Morgan fingerprint density at radius 3 is 2.58 bits per heavy atom. The fraction of sp³-hybridized carbons (Fsp3) is 0.385. The predicted molar refractivity (Wildman–Crippen MR) is 127 cm³/mol. The number of para-hydroxylation sites is 1. The van der Waals surface area contributed by atoms with Crippen molar-refractivity contribution in [3.8, 4) is 5.75 Å². The standard InChI is InChI=1S/C26H29FN2O4/c1-18-17-24(31)33-26-20(18)9-10-23(25(26)19(2)30)32-16-6-5-11-28-12-14-29(15-13-28)22-8-4-3-7-21(22)27/h3-4,7-10,17H,5-6,11-16H2,1-2H3. The van der Waals surface area contributed by atoms with Crippen LogP contribution in [0.5, 0.6) is 5.75 Å². The maximum atomic E-state index is 14.0. The second kappa shape index (κ2) is 10.2. The quantitative estimate of drug-likeness (QED) is 0.286. The molecule has 0 atom stereocenters. The van der Waals surface area contributed by atoms with Gasteiger partial charge >= 0.3 is 5.63 Å². The molecule has 0 spiro atoms. The van der Waals surface area contributed by atoms with Crippen LogP contribution in [0.3, 0.4) is 0 Å². The van der Waals surface area contributed by atoms with Gasteiger partial charge in [0.15, 0.2) is 11.4 Å². The molecule has 0 aliphatic carbocycles. The molecule has 1 fully saturated rings. The Morgan fingerprint density at radius 2 is 1.85 bits per heavy atom. The molecule has 0 radical (unpaired) electrons. The van der Waals surface area contributed by atoms with Gasteiger partial charge < -0.3 is 14.1 Å². The second-order valence-electron chi connectivity index (χ2n) is 8.46. The van der Waals surface area contributed by atoms with Crippen LogP contribution < -0.4 is 15.3 Å². The van der Waals surface area contributed by atoms with E-state index in [0.29, 0.717) is 23.6 Å². The monoisotopic (exact) mass is 452 g/mol. The largest absolute Gasteiger partial charge is 0.493 e. The third-order valence-electron chi connectivity index (χ3n) is 6.13. The van der Waals surface area contributed by atoms with Gasteiger partial charge in [-0.25, -0.2) is 9.18 Å². The minimum absolute atomic E-state index is 0.170. The first-order valence-corrected chi connectivity index (χ1v) is 11.4. The van der Waals surface area contributed by atoms with Gasteiger partial charge in [-0.2, -0.15) is 0 Å². The highest BCUT2D eigenvalue weighted by Crippen LogP contribution is 2.29. The number of benzene rings is 2. The molecule has 1 aliphatic heterocycles. The van der Waals surface area contributed by atoms with Crippen molar-refractivity contribution in [1.82, 2.24) is 4.90 Å². The lowest BCUT2D eigenvalue weighted by atomic mass is 10.0. The molecule has 0 bridgehead atoms. The van der Waals surface area contributed by atoms with Crippen LogP contribution >= 0.6 is 0 Å². The molecule has 1 aliphatic rings. The number of fused-ring (bicyclic) bond motifs is 1. The second-order valence-corrected chi connectivity index (χ2v) is 8.46. The van der Waals surface area contributed by atoms with Gasteiger partial charge in [0.25, 0.3) is 0 Å². The van der Waals surface area contributed by atoms with Crippen LogP contribution in [-0.4, -0.2) is 50.0 Å². The number of carbonyl (C=O) groups excluding carboxylic acids is 1. The van der Waals surface area contributed by atoms with Crippen molar-refractivity contribution in [3.05, 3.63) is 69.8 Å². The minimum atomic E-state index is -0.477. The molecule has 1 saturated heterocycles. The Hall–Kier alpha value is -3.19. The van der Waals surface area contributed by atoms with Gasteiger partial charge in [0.2, 0.25) is 0 Å². The molecule has 33 heavy (non-hydrogen) atoms. The highest BCUT2D eigenvalue weighted by Gasteiger charge is 2.19. The molecule has 7 heteroatoms. The Labute approximate surface area is 192 Å². The van der Waals surface area contributed by atoms with Crippen LogP contribution in [0.4, 0.5) is 10.1 Å². The molecule has 1 aromatic heterocycles. The number of halogens is 1. The molecule has 174 valence electrons. The van der Waals surface area contributed by atoms with E-state index in [0.717, 1.165) is 56.5 Å². The zero-order chi connectivity index (χ0) is 23.4. The number of anilines is 1.